The van der Waals surface area contributed by atoms with E-state index in [1.165, 1.54) is 18.2 Å². The van der Waals surface area contributed by atoms with Crippen molar-refractivity contribution < 1.29 is 14.3 Å². The smallest absolute Gasteiger partial charge is 0.335 e. The third-order valence-electron chi connectivity index (χ3n) is 5.74. The van der Waals surface area contributed by atoms with Crippen LogP contribution in [0, 0.1) is 0 Å². The Morgan fingerprint density at radius 2 is 1.42 bits per heavy atom. The zero-order valence-corrected chi connectivity index (χ0v) is 16.0. The predicted octanol–water partition coefficient (Wildman–Crippen LogP) is 4.54. The fourth-order valence-electron chi connectivity index (χ4n) is 4.37. The van der Waals surface area contributed by atoms with Crippen LogP contribution in [0.15, 0.2) is 86.8 Å². The second kappa shape index (κ2) is 6.03. The molecule has 6 aromatic rings. The summed E-state index contributed by atoms with van der Waals surface area (Å²) in [5.74, 6) is -1.13. The van der Waals surface area contributed by atoms with Crippen molar-refractivity contribution in [2.24, 2.45) is 0 Å². The quantitative estimate of drug-likeness (QED) is 0.336. The highest BCUT2D eigenvalue weighted by molar-refractivity contribution is 6.26. The first-order chi connectivity index (χ1) is 15.0. The van der Waals surface area contributed by atoms with Crippen LogP contribution < -0.4 is 11.1 Å². The number of benzene rings is 4. The molecule has 6 rings (SSSR count). The molecule has 0 aliphatic rings. The van der Waals surface area contributed by atoms with Gasteiger partial charge >= 0.3 is 5.97 Å². The maximum absolute atomic E-state index is 13.4. The summed E-state index contributed by atoms with van der Waals surface area (Å²) in [7, 11) is 0. The van der Waals surface area contributed by atoms with E-state index in [4.69, 9.17) is 4.42 Å². The zero-order valence-electron chi connectivity index (χ0n) is 16.0. The minimum atomic E-state index is -1.13. The molecule has 0 fully saturated rings. The van der Waals surface area contributed by atoms with E-state index >= 15 is 0 Å². The van der Waals surface area contributed by atoms with Gasteiger partial charge in [-0.1, -0.05) is 30.3 Å². The molecular weight excluding hydrogens is 394 g/mol. The first-order valence-corrected chi connectivity index (χ1v) is 9.64. The number of aromatic carboxylic acids is 1. The van der Waals surface area contributed by atoms with Gasteiger partial charge in [-0.2, -0.15) is 0 Å². The minimum Gasteiger partial charge on any atom is -0.478 e. The standard InChI is InChI=1S/C25H13NO5/c27-23-17-9-8-16-15-6-1-2-7-19(15)31-20-11-10-18(21(17)22(16)20)24(28)26(23)14-5-3-4-13(12-14)25(29)30/h1-12H,(H,29,30). The van der Waals surface area contributed by atoms with Crippen molar-refractivity contribution in [1.29, 1.82) is 0 Å². The molecule has 0 bridgehead atoms. The summed E-state index contributed by atoms with van der Waals surface area (Å²) < 4.78 is 7.08. The molecule has 0 aliphatic carbocycles. The lowest BCUT2D eigenvalue weighted by atomic mass is 9.96. The van der Waals surface area contributed by atoms with Crippen LogP contribution in [0.3, 0.4) is 0 Å². The van der Waals surface area contributed by atoms with Gasteiger partial charge in [-0.25, -0.2) is 9.36 Å². The Balaban J connectivity index is 1.81. The Bertz CT molecular complexity index is 1780. The van der Waals surface area contributed by atoms with E-state index in [1.54, 1.807) is 24.3 Å². The number of fused-ring (bicyclic) bond motifs is 2. The van der Waals surface area contributed by atoms with Gasteiger partial charge in [-0.05, 0) is 47.9 Å². The second-order valence-electron chi connectivity index (χ2n) is 7.42. The number of hydrogen-bond acceptors (Lipinski definition) is 4. The second-order valence-corrected chi connectivity index (χ2v) is 7.42. The number of carboxylic acids is 1. The molecular formula is C25H13NO5. The Hall–Kier alpha value is -4.45. The lowest BCUT2D eigenvalue weighted by molar-refractivity contribution is 0.0697. The van der Waals surface area contributed by atoms with Gasteiger partial charge in [-0.15, -0.1) is 0 Å². The van der Waals surface area contributed by atoms with Gasteiger partial charge in [0, 0.05) is 26.9 Å². The number of pyridine rings is 1. The predicted molar refractivity (Wildman–Crippen MR) is 119 cm³/mol. The van der Waals surface area contributed by atoms with Gasteiger partial charge in [0.1, 0.15) is 11.2 Å². The van der Waals surface area contributed by atoms with Crippen LogP contribution in [0.5, 0.6) is 0 Å². The van der Waals surface area contributed by atoms with Crippen LogP contribution in [0.2, 0.25) is 0 Å². The summed E-state index contributed by atoms with van der Waals surface area (Å²) >= 11 is 0. The first kappa shape index (κ1) is 17.4. The monoisotopic (exact) mass is 407 g/mol. The van der Waals surface area contributed by atoms with Crippen LogP contribution in [-0.4, -0.2) is 15.6 Å². The van der Waals surface area contributed by atoms with Crippen molar-refractivity contribution in [3.63, 3.8) is 0 Å². The lowest BCUT2D eigenvalue weighted by Gasteiger charge is -2.14. The number of carboxylic acid groups (broad SMARTS) is 1. The van der Waals surface area contributed by atoms with E-state index in [-0.39, 0.29) is 11.3 Å². The average Bonchev–Trinajstić information content (AvgIpc) is 2.79. The number of aromatic nitrogens is 1. The van der Waals surface area contributed by atoms with Gasteiger partial charge in [0.05, 0.1) is 11.3 Å². The van der Waals surface area contributed by atoms with Gasteiger partial charge in [0.2, 0.25) is 0 Å². The SMILES string of the molecule is O=C(O)c1cccc(-n2c(=O)c3ccc4oc5ccccc5c5ccc(c2=O)c3c45)c1. The largest absolute Gasteiger partial charge is 0.478 e. The van der Waals surface area contributed by atoms with E-state index in [0.29, 0.717) is 21.7 Å². The molecule has 0 spiro atoms. The molecule has 0 unspecified atom stereocenters. The molecule has 0 radical (unpaired) electrons. The number of para-hydroxylation sites is 1. The first-order valence-electron chi connectivity index (χ1n) is 9.64. The zero-order chi connectivity index (χ0) is 21.3. The summed E-state index contributed by atoms with van der Waals surface area (Å²) in [5, 5.41) is 13.1. The van der Waals surface area contributed by atoms with Crippen LogP contribution in [0.4, 0.5) is 0 Å². The van der Waals surface area contributed by atoms with E-state index in [9.17, 15) is 19.5 Å². The highest BCUT2D eigenvalue weighted by Crippen LogP contribution is 2.36. The number of nitrogens with zero attached hydrogens (tertiary/aromatic N) is 1. The third kappa shape index (κ3) is 2.30. The topological polar surface area (TPSA) is 89.5 Å². The molecule has 6 heteroatoms. The van der Waals surface area contributed by atoms with Gasteiger partial charge in [0.15, 0.2) is 0 Å². The molecule has 2 heterocycles. The van der Waals surface area contributed by atoms with Crippen LogP contribution in [0.1, 0.15) is 10.4 Å². The van der Waals surface area contributed by atoms with Crippen molar-refractivity contribution in [3.05, 3.63) is 99.1 Å². The van der Waals surface area contributed by atoms with E-state index in [1.807, 2.05) is 30.3 Å². The summed E-state index contributed by atoms with van der Waals surface area (Å²) in [4.78, 5) is 38.1. The molecule has 1 N–H and O–H groups in total. The summed E-state index contributed by atoms with van der Waals surface area (Å²) in [5.41, 5.74) is 0.537. The fourth-order valence-corrected chi connectivity index (χ4v) is 4.37. The molecule has 0 saturated heterocycles. The Morgan fingerprint density at radius 3 is 2.19 bits per heavy atom. The molecule has 4 aromatic carbocycles. The van der Waals surface area contributed by atoms with Crippen molar-refractivity contribution in [2.75, 3.05) is 0 Å². The summed E-state index contributed by atoms with van der Waals surface area (Å²) in [6, 6.07) is 20.4. The normalized spacial score (nSPS) is 11.7. The molecule has 2 aromatic heterocycles. The maximum atomic E-state index is 13.4. The Morgan fingerprint density at radius 1 is 0.710 bits per heavy atom. The number of carbonyl (C=O) groups is 1. The van der Waals surface area contributed by atoms with E-state index < -0.39 is 17.1 Å². The molecule has 0 saturated carbocycles. The fraction of sp³-hybridized carbons (Fsp3) is 0. The van der Waals surface area contributed by atoms with Crippen molar-refractivity contribution in [3.8, 4) is 5.69 Å². The average molecular weight is 407 g/mol. The molecule has 148 valence electrons. The Labute approximate surface area is 173 Å². The molecule has 31 heavy (non-hydrogen) atoms. The van der Waals surface area contributed by atoms with Crippen molar-refractivity contribution in [2.45, 2.75) is 0 Å². The maximum Gasteiger partial charge on any atom is 0.335 e. The summed E-state index contributed by atoms with van der Waals surface area (Å²) in [6.07, 6.45) is 0. The number of hydrogen-bond donors (Lipinski definition) is 1. The lowest BCUT2D eigenvalue weighted by Crippen LogP contribution is -2.32. The summed E-state index contributed by atoms with van der Waals surface area (Å²) in [6.45, 7) is 0. The van der Waals surface area contributed by atoms with Crippen LogP contribution >= 0.6 is 0 Å². The van der Waals surface area contributed by atoms with Gasteiger partial charge in [-0.3, -0.25) is 9.59 Å². The highest BCUT2D eigenvalue weighted by Gasteiger charge is 2.20. The molecule has 0 atom stereocenters. The highest BCUT2D eigenvalue weighted by atomic mass is 16.4. The molecule has 0 amide bonds. The van der Waals surface area contributed by atoms with Crippen LogP contribution in [0.25, 0.3) is 49.2 Å². The van der Waals surface area contributed by atoms with Crippen molar-refractivity contribution in [1.82, 2.24) is 4.57 Å². The van der Waals surface area contributed by atoms with E-state index in [0.717, 1.165) is 26.3 Å². The van der Waals surface area contributed by atoms with Gasteiger partial charge < -0.3 is 9.52 Å². The van der Waals surface area contributed by atoms with E-state index in [2.05, 4.69) is 0 Å². The third-order valence-corrected chi connectivity index (χ3v) is 5.74. The van der Waals surface area contributed by atoms with Crippen LogP contribution in [-0.2, 0) is 0 Å². The molecule has 6 nitrogen and oxygen atoms in total. The molecule has 0 aliphatic heterocycles. The number of rotatable bonds is 2. The minimum absolute atomic E-state index is 0.000786. The van der Waals surface area contributed by atoms with Gasteiger partial charge in [0.25, 0.3) is 11.1 Å². The van der Waals surface area contributed by atoms with Crippen molar-refractivity contribution >= 4 is 49.5 Å². The Kier molecular flexibility index (Phi) is 3.38.